The fourth-order valence-corrected chi connectivity index (χ4v) is 3.43. The first-order valence-electron chi connectivity index (χ1n) is 2.81. The van der Waals surface area contributed by atoms with Crippen LogP contribution in [0.4, 0.5) is 0 Å². The normalized spacial score (nSPS) is 11.6. The Morgan fingerprint density at radius 3 is 2.58 bits per heavy atom. The van der Waals surface area contributed by atoms with Gasteiger partial charge in [-0.25, -0.2) is 13.6 Å². The lowest BCUT2D eigenvalue weighted by Crippen LogP contribution is -2.11. The molecule has 0 aliphatic heterocycles. The van der Waals surface area contributed by atoms with Crippen molar-refractivity contribution in [2.24, 2.45) is 5.14 Å². The molecule has 2 N–H and O–H groups in total. The van der Waals surface area contributed by atoms with Crippen molar-refractivity contribution in [2.45, 2.75) is 4.21 Å². The number of rotatable bonds is 2. The zero-order valence-electron chi connectivity index (χ0n) is 6.07. The summed E-state index contributed by atoms with van der Waals surface area (Å²) in [4.78, 5) is 0. The fourth-order valence-electron chi connectivity index (χ4n) is 0.671. The molecule has 0 amide bonds. The Bertz CT molecular complexity index is 383. The summed E-state index contributed by atoms with van der Waals surface area (Å²) < 4.78 is 27.3. The fraction of sp³-hybridized carbons (Fsp3) is 0.200. The first-order valence-corrected chi connectivity index (χ1v) is 5.97. The topological polar surface area (TPSA) is 69.4 Å². The SMILES string of the molecule is COc1cc(Br)sc1S(N)(=O)=O. The lowest BCUT2D eigenvalue weighted by molar-refractivity contribution is 0.406. The molecular weight excluding hydrogens is 266 g/mol. The Labute approximate surface area is 82.5 Å². The van der Waals surface area contributed by atoms with Crippen molar-refractivity contribution in [1.29, 1.82) is 0 Å². The molecule has 0 aromatic carbocycles. The molecule has 68 valence electrons. The molecule has 0 unspecified atom stereocenters. The van der Waals surface area contributed by atoms with Crippen molar-refractivity contribution in [3.63, 3.8) is 0 Å². The Morgan fingerprint density at radius 2 is 2.25 bits per heavy atom. The van der Waals surface area contributed by atoms with E-state index in [1.54, 1.807) is 6.07 Å². The smallest absolute Gasteiger partial charge is 0.251 e. The summed E-state index contributed by atoms with van der Waals surface area (Å²) in [6.07, 6.45) is 0. The summed E-state index contributed by atoms with van der Waals surface area (Å²) in [5, 5.41) is 4.93. The summed E-state index contributed by atoms with van der Waals surface area (Å²) in [6.45, 7) is 0. The highest BCUT2D eigenvalue weighted by atomic mass is 79.9. The minimum Gasteiger partial charge on any atom is -0.494 e. The largest absolute Gasteiger partial charge is 0.494 e. The van der Waals surface area contributed by atoms with E-state index in [1.165, 1.54) is 7.11 Å². The number of hydrogen-bond acceptors (Lipinski definition) is 4. The van der Waals surface area contributed by atoms with E-state index in [2.05, 4.69) is 15.9 Å². The van der Waals surface area contributed by atoms with Gasteiger partial charge in [-0.05, 0) is 15.9 Å². The van der Waals surface area contributed by atoms with E-state index in [0.717, 1.165) is 11.3 Å². The zero-order chi connectivity index (χ0) is 9.35. The van der Waals surface area contributed by atoms with Crippen LogP contribution in [0, 0.1) is 0 Å². The van der Waals surface area contributed by atoms with Crippen LogP contribution in [0.15, 0.2) is 14.1 Å². The summed E-state index contributed by atoms with van der Waals surface area (Å²) in [5.74, 6) is 0.273. The van der Waals surface area contributed by atoms with Crippen LogP contribution in [0.5, 0.6) is 5.75 Å². The third kappa shape index (κ3) is 1.98. The van der Waals surface area contributed by atoms with Crippen LogP contribution >= 0.6 is 27.3 Å². The van der Waals surface area contributed by atoms with Gasteiger partial charge in [0.1, 0.15) is 0 Å². The van der Waals surface area contributed by atoms with Crippen molar-refractivity contribution in [1.82, 2.24) is 0 Å². The van der Waals surface area contributed by atoms with Crippen LogP contribution in [0.3, 0.4) is 0 Å². The standard InChI is InChI=1S/C5H6BrNO3S2/c1-10-3-2-4(6)11-5(3)12(7,8)9/h2H,1H3,(H2,7,8,9). The van der Waals surface area contributed by atoms with Gasteiger partial charge in [-0.1, -0.05) is 0 Å². The van der Waals surface area contributed by atoms with Gasteiger partial charge in [0.2, 0.25) is 0 Å². The number of primary sulfonamides is 1. The number of halogens is 1. The summed E-state index contributed by atoms with van der Waals surface area (Å²) in [6, 6.07) is 1.56. The lowest BCUT2D eigenvalue weighted by atomic mass is 10.6. The van der Waals surface area contributed by atoms with E-state index in [4.69, 9.17) is 9.88 Å². The molecule has 0 aliphatic rings. The molecule has 0 radical (unpaired) electrons. The average molecular weight is 272 g/mol. The predicted molar refractivity (Wildman–Crippen MR) is 49.9 cm³/mol. The van der Waals surface area contributed by atoms with Crippen molar-refractivity contribution < 1.29 is 13.2 Å². The van der Waals surface area contributed by atoms with E-state index in [0.29, 0.717) is 3.79 Å². The molecule has 1 aromatic rings. The quantitative estimate of drug-likeness (QED) is 0.878. The van der Waals surface area contributed by atoms with Gasteiger partial charge in [-0.3, -0.25) is 0 Å². The van der Waals surface area contributed by atoms with Gasteiger partial charge in [0.05, 0.1) is 10.9 Å². The molecular formula is C5H6BrNO3S2. The molecule has 0 saturated carbocycles. The van der Waals surface area contributed by atoms with Crippen molar-refractivity contribution in [2.75, 3.05) is 7.11 Å². The average Bonchev–Trinajstić information content (AvgIpc) is 2.29. The van der Waals surface area contributed by atoms with Crippen molar-refractivity contribution in [3.05, 3.63) is 9.85 Å². The number of sulfonamides is 1. The third-order valence-corrected chi connectivity index (χ3v) is 4.19. The van der Waals surface area contributed by atoms with Gasteiger partial charge in [0.25, 0.3) is 10.0 Å². The summed E-state index contributed by atoms with van der Waals surface area (Å²) in [5.41, 5.74) is 0. The van der Waals surface area contributed by atoms with Gasteiger partial charge in [-0.2, -0.15) is 0 Å². The molecule has 0 fully saturated rings. The molecule has 1 rings (SSSR count). The second-order valence-corrected chi connectivity index (χ2v) is 6.14. The second-order valence-electron chi connectivity index (χ2n) is 1.95. The molecule has 12 heavy (non-hydrogen) atoms. The van der Waals surface area contributed by atoms with Gasteiger partial charge in [-0.15, -0.1) is 11.3 Å². The molecule has 7 heteroatoms. The predicted octanol–water partition coefficient (Wildman–Crippen LogP) is 1.17. The Morgan fingerprint density at radius 1 is 1.67 bits per heavy atom. The highest BCUT2D eigenvalue weighted by Crippen LogP contribution is 2.35. The van der Waals surface area contributed by atoms with Gasteiger partial charge in [0.15, 0.2) is 9.96 Å². The minimum absolute atomic E-state index is 0.0388. The van der Waals surface area contributed by atoms with Crippen molar-refractivity contribution in [3.8, 4) is 5.75 Å². The number of nitrogens with two attached hydrogens (primary N) is 1. The summed E-state index contributed by atoms with van der Waals surface area (Å²) in [7, 11) is -2.27. The Kier molecular flexibility index (Phi) is 2.77. The lowest BCUT2D eigenvalue weighted by Gasteiger charge is -1.97. The van der Waals surface area contributed by atoms with E-state index in [-0.39, 0.29) is 9.96 Å². The van der Waals surface area contributed by atoms with Crippen LogP contribution in [-0.2, 0) is 10.0 Å². The number of hydrogen-bond donors (Lipinski definition) is 1. The number of thiophene rings is 1. The first-order chi connectivity index (χ1) is 5.45. The summed E-state index contributed by atoms with van der Waals surface area (Å²) >= 11 is 4.16. The van der Waals surface area contributed by atoms with E-state index >= 15 is 0 Å². The van der Waals surface area contributed by atoms with Crippen LogP contribution in [0.1, 0.15) is 0 Å². The van der Waals surface area contributed by atoms with Crippen LogP contribution < -0.4 is 9.88 Å². The highest BCUT2D eigenvalue weighted by Gasteiger charge is 2.18. The zero-order valence-corrected chi connectivity index (χ0v) is 9.29. The molecule has 0 spiro atoms. The number of methoxy groups -OCH3 is 1. The van der Waals surface area contributed by atoms with E-state index in [9.17, 15) is 8.42 Å². The van der Waals surface area contributed by atoms with Crippen molar-refractivity contribution >= 4 is 37.3 Å². The maximum absolute atomic E-state index is 10.9. The molecule has 0 aliphatic carbocycles. The third-order valence-electron chi connectivity index (χ3n) is 1.11. The van der Waals surface area contributed by atoms with Gasteiger partial charge < -0.3 is 4.74 Å². The van der Waals surface area contributed by atoms with Gasteiger partial charge in [0, 0.05) is 6.07 Å². The second kappa shape index (κ2) is 3.33. The molecule has 1 aromatic heterocycles. The molecule has 1 heterocycles. The molecule has 4 nitrogen and oxygen atoms in total. The van der Waals surface area contributed by atoms with E-state index in [1.807, 2.05) is 0 Å². The Hall–Kier alpha value is -0.110. The highest BCUT2D eigenvalue weighted by molar-refractivity contribution is 9.11. The number of ether oxygens (including phenoxy) is 1. The molecule has 0 saturated heterocycles. The van der Waals surface area contributed by atoms with Gasteiger partial charge >= 0.3 is 0 Å². The molecule has 0 atom stereocenters. The van der Waals surface area contributed by atoms with Crippen LogP contribution in [-0.4, -0.2) is 15.5 Å². The maximum atomic E-state index is 10.9. The Balaban J connectivity index is 3.33. The monoisotopic (exact) mass is 271 g/mol. The minimum atomic E-state index is -3.66. The van der Waals surface area contributed by atoms with E-state index < -0.39 is 10.0 Å². The first kappa shape index (κ1) is 9.97. The van der Waals surface area contributed by atoms with Crippen LogP contribution in [0.25, 0.3) is 0 Å². The molecule has 0 bridgehead atoms. The maximum Gasteiger partial charge on any atom is 0.251 e. The van der Waals surface area contributed by atoms with Crippen LogP contribution in [0.2, 0.25) is 0 Å².